The molecular formula is C9H16BrNO2S. The van der Waals surface area contributed by atoms with Crippen LogP contribution in [0.5, 0.6) is 0 Å². The van der Waals surface area contributed by atoms with Crippen LogP contribution in [0, 0.1) is 0 Å². The molecule has 0 amide bonds. The molecule has 82 valence electrons. The van der Waals surface area contributed by atoms with Crippen molar-refractivity contribution in [3.05, 3.63) is 0 Å². The lowest BCUT2D eigenvalue weighted by Gasteiger charge is -2.14. The summed E-state index contributed by atoms with van der Waals surface area (Å²) in [7, 11) is 1.40. The summed E-state index contributed by atoms with van der Waals surface area (Å²) in [5, 5.41) is 3.29. The van der Waals surface area contributed by atoms with Crippen molar-refractivity contribution in [1.29, 1.82) is 0 Å². The van der Waals surface area contributed by atoms with Crippen molar-refractivity contribution in [3.8, 4) is 0 Å². The summed E-state index contributed by atoms with van der Waals surface area (Å²) in [5.41, 5.74) is 0. The molecule has 0 aromatic rings. The molecule has 0 aromatic carbocycles. The number of alkyl halides is 1. The average molecular weight is 282 g/mol. The van der Waals surface area contributed by atoms with Crippen molar-refractivity contribution in [2.45, 2.75) is 22.4 Å². The van der Waals surface area contributed by atoms with Crippen LogP contribution in [0.3, 0.4) is 0 Å². The molecule has 1 saturated carbocycles. The van der Waals surface area contributed by atoms with E-state index in [1.54, 1.807) is 0 Å². The molecule has 1 rings (SSSR count). The van der Waals surface area contributed by atoms with Crippen molar-refractivity contribution < 1.29 is 9.53 Å². The van der Waals surface area contributed by atoms with Gasteiger partial charge < -0.3 is 10.1 Å². The number of thioether (sulfide) groups is 1. The van der Waals surface area contributed by atoms with E-state index in [1.807, 2.05) is 11.8 Å². The van der Waals surface area contributed by atoms with Crippen molar-refractivity contribution in [2.75, 3.05) is 26.5 Å². The smallest absolute Gasteiger partial charge is 0.320 e. The normalized spacial score (nSPS) is 20.2. The monoisotopic (exact) mass is 281 g/mol. The first-order valence-electron chi connectivity index (χ1n) is 4.61. The molecule has 0 aliphatic heterocycles. The maximum atomic E-state index is 11.0. The number of hydrogen-bond acceptors (Lipinski definition) is 4. The van der Waals surface area contributed by atoms with Crippen LogP contribution < -0.4 is 5.32 Å². The van der Waals surface area contributed by atoms with Crippen molar-refractivity contribution >= 4 is 33.7 Å². The van der Waals surface area contributed by atoms with Crippen molar-refractivity contribution in [2.24, 2.45) is 0 Å². The number of carbonyl (C=O) groups excluding carboxylic acids is 1. The standard InChI is InChI=1S/C9H16BrNO2S/c1-13-8(12)7(10)5-11-6-9(14-2)3-4-9/h7,11H,3-6H2,1-2H3. The van der Waals surface area contributed by atoms with Gasteiger partial charge in [0.25, 0.3) is 0 Å². The Morgan fingerprint density at radius 1 is 1.71 bits per heavy atom. The van der Waals surface area contributed by atoms with Crippen LogP contribution in [0.4, 0.5) is 0 Å². The molecule has 3 nitrogen and oxygen atoms in total. The minimum Gasteiger partial charge on any atom is -0.468 e. The molecule has 1 aliphatic rings. The van der Waals surface area contributed by atoms with Gasteiger partial charge in [-0.25, -0.2) is 0 Å². The second-order valence-corrected chi connectivity index (χ2v) is 5.89. The number of nitrogens with one attached hydrogen (secondary N) is 1. The van der Waals surface area contributed by atoms with Gasteiger partial charge in [-0.2, -0.15) is 11.8 Å². The van der Waals surface area contributed by atoms with E-state index in [9.17, 15) is 4.79 Å². The van der Waals surface area contributed by atoms with Gasteiger partial charge >= 0.3 is 5.97 Å². The van der Waals surface area contributed by atoms with E-state index in [-0.39, 0.29) is 10.8 Å². The highest BCUT2D eigenvalue weighted by Gasteiger charge is 2.41. The van der Waals surface area contributed by atoms with Gasteiger partial charge in [0, 0.05) is 17.8 Å². The lowest BCUT2D eigenvalue weighted by atomic mass is 10.3. The van der Waals surface area contributed by atoms with E-state index < -0.39 is 0 Å². The zero-order chi connectivity index (χ0) is 10.6. The molecule has 1 unspecified atom stereocenters. The minimum absolute atomic E-state index is 0.216. The SMILES string of the molecule is COC(=O)C(Br)CNCC1(SC)CC1. The molecule has 1 N–H and O–H groups in total. The number of methoxy groups -OCH3 is 1. The quantitative estimate of drug-likeness (QED) is 0.590. The molecular weight excluding hydrogens is 266 g/mol. The predicted molar refractivity (Wildman–Crippen MR) is 63.1 cm³/mol. The highest BCUT2D eigenvalue weighted by molar-refractivity contribution is 9.10. The van der Waals surface area contributed by atoms with Crippen LogP contribution >= 0.6 is 27.7 Å². The van der Waals surface area contributed by atoms with E-state index >= 15 is 0 Å². The molecule has 0 saturated heterocycles. The number of carbonyl (C=O) groups is 1. The third kappa shape index (κ3) is 3.44. The Hall–Kier alpha value is 0.260. The number of halogens is 1. The topological polar surface area (TPSA) is 38.3 Å². The fraction of sp³-hybridized carbons (Fsp3) is 0.889. The summed E-state index contributed by atoms with van der Waals surface area (Å²) in [6, 6.07) is 0. The lowest BCUT2D eigenvalue weighted by Crippen LogP contribution is -2.34. The molecule has 0 aromatic heterocycles. The van der Waals surface area contributed by atoms with Crippen LogP contribution in [0.25, 0.3) is 0 Å². The molecule has 0 bridgehead atoms. The molecule has 5 heteroatoms. The van der Waals surface area contributed by atoms with Gasteiger partial charge in [-0.3, -0.25) is 4.79 Å². The first kappa shape index (κ1) is 12.3. The summed E-state index contributed by atoms with van der Waals surface area (Å²) in [6.45, 7) is 1.61. The van der Waals surface area contributed by atoms with E-state index in [4.69, 9.17) is 0 Å². The molecule has 0 spiro atoms. The first-order chi connectivity index (χ1) is 6.63. The third-order valence-corrected chi connectivity index (χ3v) is 4.58. The summed E-state index contributed by atoms with van der Waals surface area (Å²) in [5.74, 6) is -0.216. The summed E-state index contributed by atoms with van der Waals surface area (Å²) < 4.78 is 5.05. The Balaban J connectivity index is 2.12. The first-order valence-corrected chi connectivity index (χ1v) is 6.75. The van der Waals surface area contributed by atoms with Gasteiger partial charge in [-0.1, -0.05) is 15.9 Å². The Kier molecular flexibility index (Phi) is 4.73. The van der Waals surface area contributed by atoms with Crippen LogP contribution in [0.1, 0.15) is 12.8 Å². The lowest BCUT2D eigenvalue weighted by molar-refractivity contribution is -0.139. The van der Waals surface area contributed by atoms with Gasteiger partial charge in [-0.05, 0) is 19.1 Å². The third-order valence-electron chi connectivity index (χ3n) is 2.47. The average Bonchev–Trinajstić information content (AvgIpc) is 2.97. The van der Waals surface area contributed by atoms with Crippen molar-refractivity contribution in [3.63, 3.8) is 0 Å². The Bertz CT molecular complexity index is 209. The highest BCUT2D eigenvalue weighted by atomic mass is 79.9. The number of rotatable bonds is 6. The summed E-state index contributed by atoms with van der Waals surface area (Å²) in [6.07, 6.45) is 4.71. The maximum Gasteiger partial charge on any atom is 0.320 e. The second kappa shape index (κ2) is 5.37. The van der Waals surface area contributed by atoms with E-state index in [2.05, 4.69) is 32.2 Å². The van der Waals surface area contributed by atoms with Crippen LogP contribution in [-0.2, 0) is 9.53 Å². The zero-order valence-corrected chi connectivity index (χ0v) is 10.9. The molecule has 0 heterocycles. The zero-order valence-electron chi connectivity index (χ0n) is 8.51. The molecule has 0 radical (unpaired) electrons. The van der Waals surface area contributed by atoms with Gasteiger partial charge in [0.15, 0.2) is 0 Å². The minimum atomic E-state index is -0.231. The van der Waals surface area contributed by atoms with Crippen LogP contribution in [0.2, 0.25) is 0 Å². The summed E-state index contributed by atoms with van der Waals surface area (Å²) >= 11 is 5.18. The van der Waals surface area contributed by atoms with Gasteiger partial charge in [0.05, 0.1) is 7.11 Å². The molecule has 1 aliphatic carbocycles. The number of ether oxygens (including phenoxy) is 1. The molecule has 1 atom stereocenters. The molecule has 1 fully saturated rings. The number of esters is 1. The van der Waals surface area contributed by atoms with E-state index in [1.165, 1.54) is 20.0 Å². The van der Waals surface area contributed by atoms with E-state index in [0.717, 1.165) is 6.54 Å². The fourth-order valence-corrected chi connectivity index (χ4v) is 2.40. The van der Waals surface area contributed by atoms with Crippen LogP contribution in [-0.4, -0.2) is 42.0 Å². The fourth-order valence-electron chi connectivity index (χ4n) is 1.23. The van der Waals surface area contributed by atoms with E-state index in [0.29, 0.717) is 11.3 Å². The Morgan fingerprint density at radius 3 is 2.79 bits per heavy atom. The summed E-state index contributed by atoms with van der Waals surface area (Å²) in [4.78, 5) is 10.8. The number of hydrogen-bond donors (Lipinski definition) is 1. The Labute approximate surface area is 97.5 Å². The van der Waals surface area contributed by atoms with Gasteiger partial charge in [0.1, 0.15) is 4.83 Å². The molecule has 14 heavy (non-hydrogen) atoms. The second-order valence-electron chi connectivity index (χ2n) is 3.51. The van der Waals surface area contributed by atoms with Crippen LogP contribution in [0.15, 0.2) is 0 Å². The maximum absolute atomic E-state index is 11.0. The van der Waals surface area contributed by atoms with Gasteiger partial charge in [-0.15, -0.1) is 0 Å². The highest BCUT2D eigenvalue weighted by Crippen LogP contribution is 2.46. The Morgan fingerprint density at radius 2 is 2.36 bits per heavy atom. The predicted octanol–water partition coefficient (Wildman–Crippen LogP) is 1.41. The van der Waals surface area contributed by atoms with Gasteiger partial charge in [0.2, 0.25) is 0 Å². The largest absolute Gasteiger partial charge is 0.468 e. The van der Waals surface area contributed by atoms with Crippen molar-refractivity contribution in [1.82, 2.24) is 5.32 Å².